The molecule has 1 aromatic carbocycles. The van der Waals surface area contributed by atoms with Gasteiger partial charge in [0, 0.05) is 61.5 Å². The number of ketones is 1. The van der Waals surface area contributed by atoms with E-state index >= 15 is 0 Å². The zero-order chi connectivity index (χ0) is 22.0. The number of hydrogen-bond acceptors (Lipinski definition) is 3. The lowest BCUT2D eigenvalue weighted by atomic mass is 9.89. The highest BCUT2D eigenvalue weighted by Crippen LogP contribution is 2.23. The van der Waals surface area contributed by atoms with Crippen molar-refractivity contribution in [2.24, 2.45) is 18.9 Å². The number of fused-ring (bicyclic) bond motifs is 1. The number of nitrogens with zero attached hydrogens (tertiary/aromatic N) is 2. The van der Waals surface area contributed by atoms with E-state index in [1.165, 1.54) is 0 Å². The summed E-state index contributed by atoms with van der Waals surface area (Å²) in [6, 6.07) is 11.4. The van der Waals surface area contributed by atoms with Crippen molar-refractivity contribution in [2.75, 3.05) is 13.1 Å². The molecule has 1 saturated heterocycles. The minimum Gasteiger partial charge on any atom is -0.357 e. The molecule has 162 valence electrons. The van der Waals surface area contributed by atoms with Crippen molar-refractivity contribution in [3.05, 3.63) is 70.4 Å². The Labute approximate surface area is 181 Å². The van der Waals surface area contributed by atoms with E-state index in [0.29, 0.717) is 44.2 Å². The van der Waals surface area contributed by atoms with Crippen LogP contribution in [0.1, 0.15) is 42.2 Å². The second-order valence-electron chi connectivity index (χ2n) is 8.81. The summed E-state index contributed by atoms with van der Waals surface area (Å²) in [4.78, 5) is 42.6. The number of aromatic nitrogens is 2. The molecule has 1 amide bonds. The van der Waals surface area contributed by atoms with Crippen LogP contribution in [0.3, 0.4) is 0 Å². The molecule has 6 nitrogen and oxygen atoms in total. The van der Waals surface area contributed by atoms with Crippen LogP contribution in [0.25, 0.3) is 10.8 Å². The number of rotatable bonds is 6. The first-order valence-electron chi connectivity index (χ1n) is 11.0. The summed E-state index contributed by atoms with van der Waals surface area (Å²) < 4.78 is 1.88. The van der Waals surface area contributed by atoms with Crippen LogP contribution in [0.2, 0.25) is 0 Å². The molecular formula is C25H29N3O3. The van der Waals surface area contributed by atoms with E-state index in [4.69, 9.17) is 0 Å². The van der Waals surface area contributed by atoms with Crippen LogP contribution >= 0.6 is 0 Å². The Bertz CT molecular complexity index is 1150. The number of carbonyl (C=O) groups excluding carboxylic acids is 2. The number of Topliss-reactive ketones (excluding diaryl/α,β-unsaturated/α-hetero) is 1. The Morgan fingerprint density at radius 3 is 2.61 bits per heavy atom. The molecule has 0 unspecified atom stereocenters. The standard InChI is InChI=1S/C25H29N3O3/c1-17(13-21-15-19-5-3-4-6-22(19)25(31)26-21)14-23(29)28-11-8-18(9-12-28)24(30)20-7-10-27(2)16-20/h3-7,10,15-18H,8-9,11-14H2,1-2H3,(H,26,31)/t17-/m1/s1. The molecule has 4 rings (SSSR count). The van der Waals surface area contributed by atoms with E-state index in [0.717, 1.165) is 16.6 Å². The number of amides is 1. The number of piperidine rings is 1. The Balaban J connectivity index is 1.31. The van der Waals surface area contributed by atoms with Gasteiger partial charge in [0.1, 0.15) is 0 Å². The van der Waals surface area contributed by atoms with Gasteiger partial charge in [-0.25, -0.2) is 0 Å². The first-order valence-corrected chi connectivity index (χ1v) is 11.0. The van der Waals surface area contributed by atoms with Crippen molar-refractivity contribution in [2.45, 2.75) is 32.6 Å². The Morgan fingerprint density at radius 1 is 1.16 bits per heavy atom. The molecule has 0 bridgehead atoms. The van der Waals surface area contributed by atoms with E-state index in [9.17, 15) is 14.4 Å². The molecule has 0 saturated carbocycles. The molecule has 1 N–H and O–H groups in total. The molecule has 31 heavy (non-hydrogen) atoms. The zero-order valence-electron chi connectivity index (χ0n) is 18.1. The number of pyridine rings is 1. The largest absolute Gasteiger partial charge is 0.357 e. The fraction of sp³-hybridized carbons (Fsp3) is 0.400. The molecule has 0 spiro atoms. The van der Waals surface area contributed by atoms with E-state index in [-0.39, 0.29) is 29.1 Å². The van der Waals surface area contributed by atoms with Gasteiger partial charge in [-0.2, -0.15) is 0 Å². The number of likely N-dealkylation sites (tertiary alicyclic amines) is 1. The van der Waals surface area contributed by atoms with Gasteiger partial charge in [-0.05, 0) is 48.8 Å². The minimum atomic E-state index is -0.0863. The highest BCUT2D eigenvalue weighted by atomic mass is 16.2. The monoisotopic (exact) mass is 419 g/mol. The van der Waals surface area contributed by atoms with E-state index in [2.05, 4.69) is 4.98 Å². The Hall–Kier alpha value is -3.15. The number of benzene rings is 1. The minimum absolute atomic E-state index is 0.00783. The normalized spacial score (nSPS) is 15.9. The molecule has 2 aromatic heterocycles. The summed E-state index contributed by atoms with van der Waals surface area (Å²) >= 11 is 0. The van der Waals surface area contributed by atoms with Crippen molar-refractivity contribution in [3.8, 4) is 0 Å². The molecule has 3 aromatic rings. The quantitative estimate of drug-likeness (QED) is 0.621. The van der Waals surface area contributed by atoms with Crippen molar-refractivity contribution < 1.29 is 9.59 Å². The highest BCUT2D eigenvalue weighted by Gasteiger charge is 2.28. The average Bonchev–Trinajstić information content (AvgIpc) is 3.19. The topological polar surface area (TPSA) is 75.2 Å². The lowest BCUT2D eigenvalue weighted by Crippen LogP contribution is -2.40. The van der Waals surface area contributed by atoms with Crippen LogP contribution in [-0.2, 0) is 18.3 Å². The molecule has 0 aliphatic carbocycles. The molecule has 1 atom stereocenters. The fourth-order valence-corrected chi connectivity index (χ4v) is 4.53. The number of H-pyrrole nitrogens is 1. The van der Waals surface area contributed by atoms with Gasteiger partial charge in [-0.3, -0.25) is 14.4 Å². The summed E-state index contributed by atoms with van der Waals surface area (Å²) in [5.74, 6) is 0.419. The average molecular weight is 420 g/mol. The fourth-order valence-electron chi connectivity index (χ4n) is 4.53. The van der Waals surface area contributed by atoms with Crippen LogP contribution in [0.4, 0.5) is 0 Å². The third kappa shape index (κ3) is 4.79. The Morgan fingerprint density at radius 2 is 1.90 bits per heavy atom. The summed E-state index contributed by atoms with van der Waals surface area (Å²) in [5, 5.41) is 1.60. The van der Waals surface area contributed by atoms with Gasteiger partial charge in [0.2, 0.25) is 5.91 Å². The first-order chi connectivity index (χ1) is 14.9. The van der Waals surface area contributed by atoms with Crippen LogP contribution in [0.15, 0.2) is 53.6 Å². The van der Waals surface area contributed by atoms with Crippen LogP contribution in [-0.4, -0.2) is 39.2 Å². The van der Waals surface area contributed by atoms with Crippen molar-refractivity contribution >= 4 is 22.5 Å². The van der Waals surface area contributed by atoms with E-state index in [1.807, 2.05) is 72.2 Å². The van der Waals surface area contributed by atoms with E-state index < -0.39 is 0 Å². The van der Waals surface area contributed by atoms with Crippen molar-refractivity contribution in [1.29, 1.82) is 0 Å². The van der Waals surface area contributed by atoms with Gasteiger partial charge in [-0.15, -0.1) is 0 Å². The third-order valence-electron chi connectivity index (χ3n) is 6.24. The summed E-state index contributed by atoms with van der Waals surface area (Å²) in [5.41, 5.74) is 1.53. The smallest absolute Gasteiger partial charge is 0.256 e. The number of nitrogens with one attached hydrogen (secondary N) is 1. The Kier molecular flexibility index (Phi) is 6.07. The second-order valence-corrected chi connectivity index (χ2v) is 8.81. The lowest BCUT2D eigenvalue weighted by molar-refractivity contribution is -0.133. The molecule has 3 heterocycles. The predicted octanol–water partition coefficient (Wildman–Crippen LogP) is 3.56. The highest BCUT2D eigenvalue weighted by molar-refractivity contribution is 5.97. The maximum absolute atomic E-state index is 12.8. The number of hydrogen-bond donors (Lipinski definition) is 1. The van der Waals surface area contributed by atoms with Gasteiger partial charge in [0.05, 0.1) is 0 Å². The molecule has 1 fully saturated rings. The molecule has 1 aliphatic heterocycles. The molecule has 6 heteroatoms. The number of aryl methyl sites for hydroxylation is 1. The van der Waals surface area contributed by atoms with Crippen molar-refractivity contribution in [1.82, 2.24) is 14.5 Å². The van der Waals surface area contributed by atoms with Crippen LogP contribution < -0.4 is 5.56 Å². The van der Waals surface area contributed by atoms with Gasteiger partial charge in [0.25, 0.3) is 5.56 Å². The predicted molar refractivity (Wildman–Crippen MR) is 121 cm³/mol. The lowest BCUT2D eigenvalue weighted by Gasteiger charge is -2.32. The van der Waals surface area contributed by atoms with Crippen LogP contribution in [0, 0.1) is 11.8 Å². The molecule has 0 radical (unpaired) electrons. The number of aromatic amines is 1. The SMILES string of the molecule is C[C@@H](CC(=O)N1CCC(C(=O)c2ccn(C)c2)CC1)Cc1cc2ccccc2c(=O)[nH]1. The van der Waals surface area contributed by atoms with Crippen molar-refractivity contribution in [3.63, 3.8) is 0 Å². The van der Waals surface area contributed by atoms with Gasteiger partial charge < -0.3 is 14.5 Å². The summed E-state index contributed by atoms with van der Waals surface area (Å²) in [6.07, 6.45) is 6.26. The first kappa shape index (κ1) is 21.1. The van der Waals surface area contributed by atoms with E-state index in [1.54, 1.807) is 0 Å². The third-order valence-corrected chi connectivity index (χ3v) is 6.24. The van der Waals surface area contributed by atoms with Gasteiger partial charge >= 0.3 is 0 Å². The zero-order valence-corrected chi connectivity index (χ0v) is 18.1. The molecular weight excluding hydrogens is 390 g/mol. The summed E-state index contributed by atoms with van der Waals surface area (Å²) in [7, 11) is 1.91. The second kappa shape index (κ2) is 8.92. The maximum atomic E-state index is 12.8. The number of carbonyl (C=O) groups is 2. The molecule has 1 aliphatic rings. The van der Waals surface area contributed by atoms with Gasteiger partial charge in [0.15, 0.2) is 5.78 Å². The summed E-state index contributed by atoms with van der Waals surface area (Å²) in [6.45, 7) is 3.29. The maximum Gasteiger partial charge on any atom is 0.256 e. The van der Waals surface area contributed by atoms with Gasteiger partial charge in [-0.1, -0.05) is 25.1 Å². The van der Waals surface area contributed by atoms with Crippen LogP contribution in [0.5, 0.6) is 0 Å².